The van der Waals surface area contributed by atoms with Crippen LogP contribution < -0.4 is 10.6 Å². The predicted molar refractivity (Wildman–Crippen MR) is 76.8 cm³/mol. The van der Waals surface area contributed by atoms with E-state index in [0.717, 1.165) is 23.0 Å². The Morgan fingerprint density at radius 1 is 1.55 bits per heavy atom. The third-order valence-electron chi connectivity index (χ3n) is 3.02. The SMILES string of the molecule is Cc1nnnn1-c1cccc(NC(=O)C2CSCN2)c1. The molecule has 20 heavy (non-hydrogen) atoms. The molecule has 1 fully saturated rings. The second-order valence-corrected chi connectivity index (χ2v) is 5.48. The van der Waals surface area contributed by atoms with Crippen LogP contribution in [-0.4, -0.2) is 43.8 Å². The van der Waals surface area contributed by atoms with Crippen molar-refractivity contribution in [2.75, 3.05) is 16.9 Å². The number of tetrazole rings is 1. The number of carbonyl (C=O) groups is 1. The lowest BCUT2D eigenvalue weighted by Gasteiger charge is -2.11. The van der Waals surface area contributed by atoms with Crippen LogP contribution >= 0.6 is 11.8 Å². The highest BCUT2D eigenvalue weighted by Gasteiger charge is 2.22. The van der Waals surface area contributed by atoms with E-state index in [0.29, 0.717) is 5.82 Å². The molecule has 0 saturated carbocycles. The number of rotatable bonds is 3. The Hall–Kier alpha value is -1.93. The van der Waals surface area contributed by atoms with Crippen molar-refractivity contribution in [1.29, 1.82) is 0 Å². The van der Waals surface area contributed by atoms with E-state index in [-0.39, 0.29) is 11.9 Å². The zero-order valence-corrected chi connectivity index (χ0v) is 11.7. The molecule has 0 spiro atoms. The molecule has 2 aromatic rings. The summed E-state index contributed by atoms with van der Waals surface area (Å²) < 4.78 is 1.62. The lowest BCUT2D eigenvalue weighted by molar-refractivity contribution is -0.117. The first-order valence-electron chi connectivity index (χ1n) is 6.21. The van der Waals surface area contributed by atoms with E-state index in [4.69, 9.17) is 0 Å². The molecule has 7 nitrogen and oxygen atoms in total. The fourth-order valence-electron chi connectivity index (χ4n) is 1.98. The lowest BCUT2D eigenvalue weighted by atomic mass is 10.2. The number of nitrogens with one attached hydrogen (secondary N) is 2. The Balaban J connectivity index is 1.78. The molecule has 1 saturated heterocycles. The predicted octanol–water partition coefficient (Wildman–Crippen LogP) is 0.572. The van der Waals surface area contributed by atoms with E-state index in [1.54, 1.807) is 16.4 Å². The minimum Gasteiger partial charge on any atom is -0.325 e. The molecule has 1 unspecified atom stereocenters. The van der Waals surface area contributed by atoms with E-state index in [9.17, 15) is 4.79 Å². The zero-order chi connectivity index (χ0) is 13.9. The Morgan fingerprint density at radius 2 is 2.45 bits per heavy atom. The van der Waals surface area contributed by atoms with Crippen molar-refractivity contribution < 1.29 is 4.79 Å². The van der Waals surface area contributed by atoms with Gasteiger partial charge in [0, 0.05) is 17.3 Å². The second kappa shape index (κ2) is 5.59. The maximum Gasteiger partial charge on any atom is 0.242 e. The van der Waals surface area contributed by atoms with Gasteiger partial charge < -0.3 is 5.32 Å². The summed E-state index contributed by atoms with van der Waals surface area (Å²) in [6, 6.07) is 7.33. The third kappa shape index (κ3) is 2.66. The molecular formula is C12H14N6OS. The zero-order valence-electron chi connectivity index (χ0n) is 10.9. The molecule has 1 aromatic heterocycles. The van der Waals surface area contributed by atoms with Crippen molar-refractivity contribution in [2.24, 2.45) is 0 Å². The summed E-state index contributed by atoms with van der Waals surface area (Å²) in [6.07, 6.45) is 0. The van der Waals surface area contributed by atoms with Gasteiger partial charge in [-0.25, -0.2) is 0 Å². The molecule has 0 radical (unpaired) electrons. The minimum absolute atomic E-state index is 0.0133. The van der Waals surface area contributed by atoms with Crippen molar-refractivity contribution in [3.05, 3.63) is 30.1 Å². The van der Waals surface area contributed by atoms with Crippen LogP contribution in [0.2, 0.25) is 0 Å². The van der Waals surface area contributed by atoms with Gasteiger partial charge in [-0.3, -0.25) is 10.1 Å². The number of thioether (sulfide) groups is 1. The van der Waals surface area contributed by atoms with Crippen LogP contribution in [0.25, 0.3) is 5.69 Å². The summed E-state index contributed by atoms with van der Waals surface area (Å²) in [7, 11) is 0. The second-order valence-electron chi connectivity index (χ2n) is 4.45. The highest BCUT2D eigenvalue weighted by atomic mass is 32.2. The van der Waals surface area contributed by atoms with E-state index >= 15 is 0 Å². The van der Waals surface area contributed by atoms with Crippen molar-refractivity contribution in [3.63, 3.8) is 0 Å². The van der Waals surface area contributed by atoms with E-state index in [1.165, 1.54) is 0 Å². The Morgan fingerprint density at radius 3 is 3.15 bits per heavy atom. The molecule has 1 aliphatic heterocycles. The van der Waals surface area contributed by atoms with Crippen molar-refractivity contribution >= 4 is 23.4 Å². The summed E-state index contributed by atoms with van der Waals surface area (Å²) in [5.74, 6) is 2.31. The van der Waals surface area contributed by atoms with Crippen LogP contribution in [0.15, 0.2) is 24.3 Å². The monoisotopic (exact) mass is 290 g/mol. The molecule has 104 valence electrons. The van der Waals surface area contributed by atoms with Crippen molar-refractivity contribution in [2.45, 2.75) is 13.0 Å². The normalized spacial score (nSPS) is 18.1. The van der Waals surface area contributed by atoms with Gasteiger partial charge in [0.05, 0.1) is 11.7 Å². The van der Waals surface area contributed by atoms with Gasteiger partial charge in [0.15, 0.2) is 5.82 Å². The first-order valence-corrected chi connectivity index (χ1v) is 7.37. The number of benzene rings is 1. The number of hydrogen-bond donors (Lipinski definition) is 2. The molecule has 0 aliphatic carbocycles. The first kappa shape index (κ1) is 13.1. The molecule has 1 atom stereocenters. The van der Waals surface area contributed by atoms with Crippen LogP contribution in [-0.2, 0) is 4.79 Å². The van der Waals surface area contributed by atoms with Crippen LogP contribution in [0.1, 0.15) is 5.82 Å². The van der Waals surface area contributed by atoms with Gasteiger partial charge >= 0.3 is 0 Å². The fourth-order valence-corrected chi connectivity index (χ4v) is 2.92. The van der Waals surface area contributed by atoms with Gasteiger partial charge in [0.2, 0.25) is 5.91 Å². The summed E-state index contributed by atoms with van der Waals surface area (Å²) in [5.41, 5.74) is 1.56. The van der Waals surface area contributed by atoms with Gasteiger partial charge in [-0.1, -0.05) is 6.07 Å². The molecular weight excluding hydrogens is 276 g/mol. The number of nitrogens with zero attached hydrogens (tertiary/aromatic N) is 4. The minimum atomic E-state index is -0.126. The molecule has 8 heteroatoms. The van der Waals surface area contributed by atoms with E-state index in [2.05, 4.69) is 26.2 Å². The Kier molecular flexibility index (Phi) is 3.66. The lowest BCUT2D eigenvalue weighted by Crippen LogP contribution is -2.37. The van der Waals surface area contributed by atoms with Gasteiger partial charge in [-0.2, -0.15) is 4.68 Å². The average Bonchev–Trinajstić information content (AvgIpc) is 3.10. The maximum atomic E-state index is 12.0. The molecule has 3 rings (SSSR count). The van der Waals surface area contributed by atoms with Crippen LogP contribution in [0.5, 0.6) is 0 Å². The number of aromatic nitrogens is 4. The molecule has 0 bridgehead atoms. The van der Waals surface area contributed by atoms with Gasteiger partial charge in [-0.15, -0.1) is 16.9 Å². The largest absolute Gasteiger partial charge is 0.325 e. The van der Waals surface area contributed by atoms with Gasteiger partial charge in [0.1, 0.15) is 0 Å². The maximum absolute atomic E-state index is 12.0. The smallest absolute Gasteiger partial charge is 0.242 e. The molecule has 2 N–H and O–H groups in total. The highest BCUT2D eigenvalue weighted by molar-refractivity contribution is 7.99. The molecule has 1 aromatic carbocycles. The molecule has 2 heterocycles. The van der Waals surface area contributed by atoms with Crippen molar-refractivity contribution in [3.8, 4) is 5.69 Å². The fraction of sp³-hybridized carbons (Fsp3) is 0.333. The third-order valence-corrected chi connectivity index (χ3v) is 3.96. The van der Waals surface area contributed by atoms with E-state index < -0.39 is 0 Å². The molecule has 1 amide bonds. The number of carbonyl (C=O) groups excluding carboxylic acids is 1. The number of amides is 1. The summed E-state index contributed by atoms with van der Waals surface area (Å²) >= 11 is 1.72. The quantitative estimate of drug-likeness (QED) is 0.860. The van der Waals surface area contributed by atoms with E-state index in [1.807, 2.05) is 31.2 Å². The van der Waals surface area contributed by atoms with Crippen LogP contribution in [0.4, 0.5) is 5.69 Å². The van der Waals surface area contributed by atoms with Crippen molar-refractivity contribution in [1.82, 2.24) is 25.5 Å². The summed E-state index contributed by atoms with van der Waals surface area (Å²) in [5, 5.41) is 17.4. The highest BCUT2D eigenvalue weighted by Crippen LogP contribution is 2.16. The summed E-state index contributed by atoms with van der Waals surface area (Å²) in [4.78, 5) is 12.0. The summed E-state index contributed by atoms with van der Waals surface area (Å²) in [6.45, 7) is 1.82. The van der Waals surface area contributed by atoms with Crippen LogP contribution in [0.3, 0.4) is 0 Å². The topological polar surface area (TPSA) is 84.7 Å². The number of aryl methyl sites for hydroxylation is 1. The van der Waals surface area contributed by atoms with Gasteiger partial charge in [-0.05, 0) is 35.5 Å². The molecule has 1 aliphatic rings. The Labute approximate surface area is 120 Å². The Bertz CT molecular complexity index is 622. The van der Waals surface area contributed by atoms with Crippen LogP contribution in [0, 0.1) is 6.92 Å². The van der Waals surface area contributed by atoms with Gasteiger partial charge in [0.25, 0.3) is 0 Å². The number of anilines is 1. The standard InChI is InChI=1S/C12H14N6OS/c1-8-15-16-17-18(8)10-4-2-3-9(5-10)14-12(19)11-6-20-7-13-11/h2-5,11,13H,6-7H2,1H3,(H,14,19). The average molecular weight is 290 g/mol. The number of hydrogen-bond acceptors (Lipinski definition) is 6. The first-order chi connectivity index (χ1) is 9.74.